The number of piperidine rings is 1. The molecule has 0 amide bonds. The van der Waals surface area contributed by atoms with Crippen LogP contribution in [-0.4, -0.2) is 28.6 Å². The highest BCUT2D eigenvalue weighted by Gasteiger charge is 2.16. The van der Waals surface area contributed by atoms with Crippen LogP contribution < -0.4 is 10.6 Å². The zero-order chi connectivity index (χ0) is 13.4. The van der Waals surface area contributed by atoms with Crippen molar-refractivity contribution in [2.45, 2.75) is 25.4 Å². The van der Waals surface area contributed by atoms with Crippen molar-refractivity contribution in [2.75, 3.05) is 13.1 Å². The van der Waals surface area contributed by atoms with Crippen molar-refractivity contribution in [2.24, 2.45) is 12.8 Å². The summed E-state index contributed by atoms with van der Waals surface area (Å²) in [5.41, 5.74) is 8.23. The Morgan fingerprint density at radius 2 is 2.11 bits per heavy atom. The first-order valence-electron chi connectivity index (χ1n) is 6.70. The molecule has 2 aromatic rings. The molecule has 0 aliphatic carbocycles. The van der Waals surface area contributed by atoms with Gasteiger partial charge in [-0.3, -0.25) is 9.69 Å². The van der Waals surface area contributed by atoms with Crippen LogP contribution in [0.4, 0.5) is 0 Å². The molecule has 1 saturated heterocycles. The summed E-state index contributed by atoms with van der Waals surface area (Å²) >= 11 is 1.32. The van der Waals surface area contributed by atoms with Crippen LogP contribution in [0.25, 0.3) is 10.2 Å². The first-order valence-corrected chi connectivity index (χ1v) is 7.51. The van der Waals surface area contributed by atoms with E-state index < -0.39 is 0 Å². The molecule has 1 fully saturated rings. The van der Waals surface area contributed by atoms with Crippen molar-refractivity contribution in [3.05, 3.63) is 33.4 Å². The number of aryl methyl sites for hydroxylation is 1. The second kappa shape index (κ2) is 5.07. The molecule has 0 unspecified atom stereocenters. The number of likely N-dealkylation sites (tertiary alicyclic amines) is 1. The predicted molar refractivity (Wildman–Crippen MR) is 79.6 cm³/mol. The highest BCUT2D eigenvalue weighted by Crippen LogP contribution is 2.20. The number of aromatic nitrogens is 1. The van der Waals surface area contributed by atoms with Gasteiger partial charge in [0.15, 0.2) is 0 Å². The topological polar surface area (TPSA) is 51.3 Å². The lowest BCUT2D eigenvalue weighted by atomic mass is 10.1. The van der Waals surface area contributed by atoms with Gasteiger partial charge in [-0.2, -0.15) is 0 Å². The molecule has 102 valence electrons. The number of nitrogens with two attached hydrogens (primary N) is 1. The van der Waals surface area contributed by atoms with E-state index in [9.17, 15) is 4.79 Å². The third-order valence-electron chi connectivity index (χ3n) is 3.90. The molecule has 3 rings (SSSR count). The highest BCUT2D eigenvalue weighted by molar-refractivity contribution is 7.16. The normalized spacial score (nSPS) is 18.2. The van der Waals surface area contributed by atoms with Crippen LogP contribution >= 0.6 is 11.3 Å². The molecule has 19 heavy (non-hydrogen) atoms. The molecule has 2 N–H and O–H groups in total. The van der Waals surface area contributed by atoms with Crippen LogP contribution in [0.1, 0.15) is 18.4 Å². The molecule has 1 aromatic carbocycles. The zero-order valence-corrected chi connectivity index (χ0v) is 11.9. The van der Waals surface area contributed by atoms with Gasteiger partial charge in [0.1, 0.15) is 0 Å². The van der Waals surface area contributed by atoms with E-state index in [2.05, 4.69) is 23.1 Å². The Balaban J connectivity index is 1.80. The SMILES string of the molecule is Cn1c(=O)sc2cc(CN3CCC(N)CC3)ccc21. The molecule has 2 heterocycles. The van der Waals surface area contributed by atoms with E-state index in [0.717, 1.165) is 42.7 Å². The highest BCUT2D eigenvalue weighted by atomic mass is 32.1. The quantitative estimate of drug-likeness (QED) is 0.905. The van der Waals surface area contributed by atoms with Crippen molar-refractivity contribution in [1.29, 1.82) is 0 Å². The lowest BCUT2D eigenvalue weighted by Crippen LogP contribution is -2.39. The molecule has 0 spiro atoms. The van der Waals surface area contributed by atoms with Crippen molar-refractivity contribution in [3.8, 4) is 0 Å². The minimum atomic E-state index is 0.107. The maximum Gasteiger partial charge on any atom is 0.307 e. The van der Waals surface area contributed by atoms with Crippen LogP contribution in [0, 0.1) is 0 Å². The Bertz CT molecular complexity index is 638. The zero-order valence-electron chi connectivity index (χ0n) is 11.1. The summed E-state index contributed by atoms with van der Waals surface area (Å²) in [7, 11) is 1.83. The summed E-state index contributed by atoms with van der Waals surface area (Å²) in [5.74, 6) is 0. The summed E-state index contributed by atoms with van der Waals surface area (Å²) in [6.07, 6.45) is 2.17. The number of thiazole rings is 1. The maximum atomic E-state index is 11.6. The number of rotatable bonds is 2. The molecule has 4 nitrogen and oxygen atoms in total. The molecule has 1 aromatic heterocycles. The van der Waals surface area contributed by atoms with Crippen LogP contribution in [0.3, 0.4) is 0 Å². The second-order valence-electron chi connectivity index (χ2n) is 5.34. The summed E-state index contributed by atoms with van der Waals surface area (Å²) in [4.78, 5) is 14.2. The van der Waals surface area contributed by atoms with E-state index in [1.807, 2.05) is 7.05 Å². The standard InChI is InChI=1S/C14H19N3OS/c1-16-12-3-2-10(8-13(12)19-14(16)18)9-17-6-4-11(15)5-7-17/h2-3,8,11H,4-7,9,15H2,1H3. The molecule has 0 radical (unpaired) electrons. The number of hydrogen-bond acceptors (Lipinski definition) is 4. The van der Waals surface area contributed by atoms with E-state index in [0.29, 0.717) is 6.04 Å². The van der Waals surface area contributed by atoms with Crippen molar-refractivity contribution >= 4 is 21.6 Å². The molecule has 0 atom stereocenters. The largest absolute Gasteiger partial charge is 0.328 e. The number of fused-ring (bicyclic) bond motifs is 1. The van der Waals surface area contributed by atoms with Gasteiger partial charge >= 0.3 is 4.87 Å². The smallest absolute Gasteiger partial charge is 0.307 e. The average Bonchev–Trinajstić information content (AvgIpc) is 2.68. The van der Waals surface area contributed by atoms with Gasteiger partial charge in [0.2, 0.25) is 0 Å². The Morgan fingerprint density at radius 1 is 1.37 bits per heavy atom. The number of nitrogens with zero attached hydrogens (tertiary/aromatic N) is 2. The summed E-state index contributed by atoms with van der Waals surface area (Å²) in [6, 6.07) is 6.70. The van der Waals surface area contributed by atoms with E-state index in [1.165, 1.54) is 16.9 Å². The third kappa shape index (κ3) is 2.59. The molecule has 5 heteroatoms. The van der Waals surface area contributed by atoms with Crippen molar-refractivity contribution < 1.29 is 0 Å². The van der Waals surface area contributed by atoms with E-state index in [-0.39, 0.29) is 4.87 Å². The fourth-order valence-corrected chi connectivity index (χ4v) is 3.59. The maximum absolute atomic E-state index is 11.6. The Hall–Kier alpha value is -1.17. The van der Waals surface area contributed by atoms with Gasteiger partial charge in [0.25, 0.3) is 0 Å². The molecule has 1 aliphatic rings. The third-order valence-corrected chi connectivity index (χ3v) is 4.89. The van der Waals surface area contributed by atoms with Gasteiger partial charge in [0, 0.05) is 19.6 Å². The Labute approximate surface area is 116 Å². The van der Waals surface area contributed by atoms with Crippen LogP contribution in [0.5, 0.6) is 0 Å². The van der Waals surface area contributed by atoms with Crippen LogP contribution in [0.15, 0.2) is 23.0 Å². The minimum Gasteiger partial charge on any atom is -0.328 e. The Kier molecular flexibility index (Phi) is 3.43. The fourth-order valence-electron chi connectivity index (χ4n) is 2.65. The summed E-state index contributed by atoms with van der Waals surface area (Å²) < 4.78 is 2.79. The molecular weight excluding hydrogens is 258 g/mol. The number of hydrogen-bond donors (Lipinski definition) is 1. The van der Waals surface area contributed by atoms with E-state index >= 15 is 0 Å². The van der Waals surface area contributed by atoms with Crippen molar-refractivity contribution in [3.63, 3.8) is 0 Å². The number of benzene rings is 1. The lowest BCUT2D eigenvalue weighted by molar-refractivity contribution is 0.206. The first-order chi connectivity index (χ1) is 9.13. The van der Waals surface area contributed by atoms with Gasteiger partial charge in [-0.25, -0.2) is 0 Å². The predicted octanol–water partition coefficient (Wildman–Crippen LogP) is 1.52. The Morgan fingerprint density at radius 3 is 2.84 bits per heavy atom. The van der Waals surface area contributed by atoms with Crippen LogP contribution in [0.2, 0.25) is 0 Å². The first kappa shape index (κ1) is 12.8. The van der Waals surface area contributed by atoms with Gasteiger partial charge < -0.3 is 10.3 Å². The average molecular weight is 277 g/mol. The minimum absolute atomic E-state index is 0.107. The monoisotopic (exact) mass is 277 g/mol. The van der Waals surface area contributed by atoms with E-state index in [4.69, 9.17) is 5.73 Å². The molecule has 0 bridgehead atoms. The summed E-state index contributed by atoms with van der Waals surface area (Å²) in [6.45, 7) is 3.10. The second-order valence-corrected chi connectivity index (χ2v) is 6.34. The van der Waals surface area contributed by atoms with E-state index in [1.54, 1.807) is 4.57 Å². The van der Waals surface area contributed by atoms with Crippen LogP contribution in [-0.2, 0) is 13.6 Å². The van der Waals surface area contributed by atoms with Crippen molar-refractivity contribution in [1.82, 2.24) is 9.47 Å². The molecule has 1 aliphatic heterocycles. The van der Waals surface area contributed by atoms with Gasteiger partial charge in [-0.05, 0) is 43.6 Å². The van der Waals surface area contributed by atoms with Gasteiger partial charge in [0.05, 0.1) is 10.2 Å². The van der Waals surface area contributed by atoms with Gasteiger partial charge in [-0.15, -0.1) is 0 Å². The lowest BCUT2D eigenvalue weighted by Gasteiger charge is -2.30. The molecular formula is C14H19N3OS. The fraction of sp³-hybridized carbons (Fsp3) is 0.500. The van der Waals surface area contributed by atoms with Gasteiger partial charge in [-0.1, -0.05) is 17.4 Å². The molecule has 0 saturated carbocycles. The summed E-state index contributed by atoms with van der Waals surface area (Å²) in [5, 5.41) is 0.